The van der Waals surface area contributed by atoms with E-state index in [1.165, 1.54) is 18.2 Å². The standard InChI is InChI=1S/C34H25F9O/c1-2-3-4-5-20-6-10-23(26(35)14-20)11-7-21-8-12-24(27(36)15-21)13-9-22-16-28(37)32(29(38)17-22)34(42,43)44-25-18-30(39)33(41)31(40)19-25/h6,8,10,12,14-19,28,30,32-33H,2-5H2,1H3. The zero-order chi connectivity index (χ0) is 32.0. The fourth-order valence-corrected chi connectivity index (χ4v) is 4.44. The van der Waals surface area contributed by atoms with Crippen LogP contribution in [-0.2, 0) is 11.2 Å². The smallest absolute Gasteiger partial charge is 0.410 e. The molecule has 4 rings (SSSR count). The highest BCUT2D eigenvalue weighted by Gasteiger charge is 2.51. The largest absolute Gasteiger partial charge is 0.432 e. The Morgan fingerprint density at radius 1 is 0.750 bits per heavy atom. The Bertz CT molecular complexity index is 1650. The van der Waals surface area contributed by atoms with E-state index >= 15 is 0 Å². The van der Waals surface area contributed by atoms with Crippen molar-refractivity contribution >= 4 is 0 Å². The minimum Gasteiger partial charge on any atom is -0.432 e. The maximum absolute atomic E-state index is 14.7. The van der Waals surface area contributed by atoms with Crippen molar-refractivity contribution in [3.05, 3.63) is 118 Å². The second-order valence-corrected chi connectivity index (χ2v) is 10.1. The number of allylic oxidation sites excluding steroid dienone is 6. The first-order valence-electron chi connectivity index (χ1n) is 13.7. The zero-order valence-corrected chi connectivity index (χ0v) is 23.2. The fraction of sp³-hybridized carbons (Fsp3) is 0.294. The summed E-state index contributed by atoms with van der Waals surface area (Å²) in [6.07, 6.45) is -7.42. The van der Waals surface area contributed by atoms with Gasteiger partial charge in [-0.25, -0.2) is 30.7 Å². The lowest BCUT2D eigenvalue weighted by molar-refractivity contribution is -0.250. The van der Waals surface area contributed by atoms with E-state index in [0.29, 0.717) is 12.2 Å². The summed E-state index contributed by atoms with van der Waals surface area (Å²) in [7, 11) is 0. The molecular weight excluding hydrogens is 595 g/mol. The molecule has 0 fully saturated rings. The van der Waals surface area contributed by atoms with Crippen molar-refractivity contribution in [3.63, 3.8) is 0 Å². The number of hydrogen-bond acceptors (Lipinski definition) is 1. The molecule has 0 spiro atoms. The summed E-state index contributed by atoms with van der Waals surface area (Å²) < 4.78 is 132. The number of halogens is 9. The average molecular weight is 621 g/mol. The molecule has 10 heteroatoms. The number of unbranched alkanes of at least 4 members (excludes halogenated alkanes) is 2. The van der Waals surface area contributed by atoms with Gasteiger partial charge in [0.1, 0.15) is 41.1 Å². The highest BCUT2D eigenvalue weighted by atomic mass is 19.3. The van der Waals surface area contributed by atoms with Crippen LogP contribution in [0.3, 0.4) is 0 Å². The lowest BCUT2D eigenvalue weighted by Crippen LogP contribution is -2.39. The van der Waals surface area contributed by atoms with E-state index in [0.717, 1.165) is 37.3 Å². The summed E-state index contributed by atoms with van der Waals surface area (Å²) in [5.74, 6) is 1.27. The minimum atomic E-state index is -4.62. The Labute approximate surface area is 248 Å². The topological polar surface area (TPSA) is 9.23 Å². The predicted octanol–water partition coefficient (Wildman–Crippen LogP) is 9.23. The molecule has 2 aliphatic carbocycles. The van der Waals surface area contributed by atoms with Gasteiger partial charge < -0.3 is 4.74 Å². The molecule has 0 bridgehead atoms. The van der Waals surface area contributed by atoms with E-state index < -0.39 is 59.6 Å². The second kappa shape index (κ2) is 14.0. The van der Waals surface area contributed by atoms with Crippen molar-refractivity contribution in [1.82, 2.24) is 0 Å². The number of rotatable bonds is 7. The summed E-state index contributed by atoms with van der Waals surface area (Å²) in [5, 5.41) is 0. The fourth-order valence-electron chi connectivity index (χ4n) is 4.44. The molecule has 2 aromatic rings. The lowest BCUT2D eigenvalue weighted by Gasteiger charge is -2.30. The quantitative estimate of drug-likeness (QED) is 0.170. The SMILES string of the molecule is CCCCCc1ccc(C#Cc2ccc(C#CC3=CC(F)C(C(F)(F)OC4=CC(F)C(F)C(F)=C4)C(F)=C3)c(F)c2)c(F)c1. The molecule has 4 atom stereocenters. The van der Waals surface area contributed by atoms with Crippen LogP contribution in [0, 0.1) is 41.2 Å². The molecule has 2 aliphatic rings. The van der Waals surface area contributed by atoms with Crippen LogP contribution in [0.25, 0.3) is 0 Å². The maximum Gasteiger partial charge on any atom is 0.410 e. The van der Waals surface area contributed by atoms with Gasteiger partial charge in [0.15, 0.2) is 12.3 Å². The Morgan fingerprint density at radius 3 is 2.07 bits per heavy atom. The number of benzene rings is 2. The van der Waals surface area contributed by atoms with Gasteiger partial charge in [-0.15, -0.1) is 0 Å². The molecule has 44 heavy (non-hydrogen) atoms. The third-order valence-corrected chi connectivity index (χ3v) is 6.76. The predicted molar refractivity (Wildman–Crippen MR) is 148 cm³/mol. The first kappa shape index (κ1) is 32.6. The highest BCUT2D eigenvalue weighted by molar-refractivity contribution is 5.51. The van der Waals surface area contributed by atoms with Crippen molar-refractivity contribution in [2.75, 3.05) is 0 Å². The van der Waals surface area contributed by atoms with E-state index in [1.807, 2.05) is 0 Å². The molecule has 0 saturated heterocycles. The molecule has 0 saturated carbocycles. The first-order chi connectivity index (χ1) is 20.9. The number of ether oxygens (including phenoxy) is 1. The molecule has 0 amide bonds. The normalized spacial score (nSPS) is 21.5. The molecule has 0 aromatic heterocycles. The molecule has 0 N–H and O–H groups in total. The maximum atomic E-state index is 14.7. The molecule has 4 unspecified atom stereocenters. The minimum absolute atomic E-state index is 0.140. The van der Waals surface area contributed by atoms with E-state index in [2.05, 4.69) is 35.3 Å². The van der Waals surface area contributed by atoms with Crippen LogP contribution >= 0.6 is 0 Å². The van der Waals surface area contributed by atoms with Crippen LogP contribution in [0.1, 0.15) is 48.4 Å². The summed E-state index contributed by atoms with van der Waals surface area (Å²) in [6, 6.07) is 8.44. The Kier molecular flexibility index (Phi) is 10.4. The van der Waals surface area contributed by atoms with E-state index in [4.69, 9.17) is 0 Å². The summed E-state index contributed by atoms with van der Waals surface area (Å²) in [6.45, 7) is 2.08. The molecule has 0 radical (unpaired) electrons. The molecular formula is C34H25F9O. The van der Waals surface area contributed by atoms with Crippen LogP contribution in [-0.4, -0.2) is 24.6 Å². The van der Waals surface area contributed by atoms with Gasteiger partial charge in [-0.05, 0) is 67.0 Å². The van der Waals surface area contributed by atoms with Crippen LogP contribution in [0.15, 0.2) is 83.7 Å². The zero-order valence-electron chi connectivity index (χ0n) is 23.2. The van der Waals surface area contributed by atoms with Crippen LogP contribution in [0.5, 0.6) is 0 Å². The van der Waals surface area contributed by atoms with Crippen molar-refractivity contribution in [2.24, 2.45) is 5.92 Å². The van der Waals surface area contributed by atoms with Crippen molar-refractivity contribution in [3.8, 4) is 23.7 Å². The summed E-state index contributed by atoms with van der Waals surface area (Å²) in [4.78, 5) is 0. The Hall–Kier alpha value is -4.31. The number of alkyl halides is 5. The van der Waals surface area contributed by atoms with Gasteiger partial charge in [-0.1, -0.05) is 49.5 Å². The lowest BCUT2D eigenvalue weighted by atomic mass is 9.92. The van der Waals surface area contributed by atoms with Gasteiger partial charge >= 0.3 is 6.11 Å². The van der Waals surface area contributed by atoms with Crippen LogP contribution in [0.4, 0.5) is 39.5 Å². The van der Waals surface area contributed by atoms with E-state index in [1.54, 1.807) is 12.1 Å². The molecule has 1 nitrogen and oxygen atoms in total. The van der Waals surface area contributed by atoms with Gasteiger partial charge in [-0.3, -0.25) is 0 Å². The van der Waals surface area contributed by atoms with Crippen LogP contribution in [0.2, 0.25) is 0 Å². The average Bonchev–Trinajstić information content (AvgIpc) is 2.94. The van der Waals surface area contributed by atoms with E-state index in [-0.39, 0.29) is 34.4 Å². The molecule has 0 aliphatic heterocycles. The van der Waals surface area contributed by atoms with E-state index in [9.17, 15) is 39.5 Å². The number of aryl methyl sites for hydroxylation is 1. The van der Waals surface area contributed by atoms with Gasteiger partial charge in [0, 0.05) is 17.2 Å². The third kappa shape index (κ3) is 7.99. The molecule has 0 heterocycles. The van der Waals surface area contributed by atoms with Gasteiger partial charge in [-0.2, -0.15) is 8.78 Å². The highest BCUT2D eigenvalue weighted by Crippen LogP contribution is 2.42. The number of hydrogen-bond donors (Lipinski definition) is 0. The van der Waals surface area contributed by atoms with Crippen LogP contribution < -0.4 is 0 Å². The molecule has 230 valence electrons. The third-order valence-electron chi connectivity index (χ3n) is 6.76. The van der Waals surface area contributed by atoms with Gasteiger partial charge in [0.25, 0.3) is 0 Å². The Balaban J connectivity index is 1.44. The van der Waals surface area contributed by atoms with Gasteiger partial charge in [0.05, 0.1) is 11.1 Å². The first-order valence-corrected chi connectivity index (χ1v) is 13.7. The second-order valence-electron chi connectivity index (χ2n) is 10.1. The Morgan fingerprint density at radius 2 is 1.43 bits per heavy atom. The van der Waals surface area contributed by atoms with Crippen molar-refractivity contribution < 1.29 is 44.3 Å². The van der Waals surface area contributed by atoms with Gasteiger partial charge in [0.2, 0.25) is 0 Å². The summed E-state index contributed by atoms with van der Waals surface area (Å²) >= 11 is 0. The summed E-state index contributed by atoms with van der Waals surface area (Å²) in [5.41, 5.74) is 0.630. The molecule has 2 aromatic carbocycles. The van der Waals surface area contributed by atoms with Crippen molar-refractivity contribution in [1.29, 1.82) is 0 Å². The van der Waals surface area contributed by atoms with Crippen molar-refractivity contribution in [2.45, 2.75) is 57.2 Å². The monoisotopic (exact) mass is 620 g/mol.